The van der Waals surface area contributed by atoms with Gasteiger partial charge in [0.15, 0.2) is 0 Å². The van der Waals surface area contributed by atoms with Crippen LogP contribution >= 0.6 is 15.9 Å². The number of benzene rings is 1. The number of aromatic nitrogens is 3. The van der Waals surface area contributed by atoms with Gasteiger partial charge < -0.3 is 14.6 Å². The molecule has 0 amide bonds. The van der Waals surface area contributed by atoms with Gasteiger partial charge >= 0.3 is 0 Å². The maximum atomic E-state index is 11.6. The topological polar surface area (TPSA) is 71.1 Å². The molecule has 138 valence electrons. The molecular weight excluding hydrogens is 408 g/mol. The molecular formula is C20H19BrN4O2. The average Bonchev–Trinajstić information content (AvgIpc) is 2.68. The van der Waals surface area contributed by atoms with Crippen molar-refractivity contribution in [2.75, 3.05) is 24.6 Å². The van der Waals surface area contributed by atoms with Crippen molar-refractivity contribution in [2.24, 2.45) is 0 Å². The monoisotopic (exact) mass is 426 g/mol. The van der Waals surface area contributed by atoms with E-state index in [4.69, 9.17) is 4.74 Å². The van der Waals surface area contributed by atoms with Gasteiger partial charge in [0.2, 0.25) is 0 Å². The second-order valence-corrected chi connectivity index (χ2v) is 7.41. The molecule has 0 saturated carbocycles. The minimum Gasteiger partial charge on any atom is -0.370 e. The van der Waals surface area contributed by atoms with Crippen LogP contribution in [0.25, 0.3) is 11.4 Å². The van der Waals surface area contributed by atoms with Crippen LogP contribution in [0.5, 0.6) is 0 Å². The van der Waals surface area contributed by atoms with Crippen molar-refractivity contribution in [1.82, 2.24) is 15.0 Å². The zero-order valence-corrected chi connectivity index (χ0v) is 16.4. The van der Waals surface area contributed by atoms with Crippen LogP contribution in [0.2, 0.25) is 0 Å². The van der Waals surface area contributed by atoms with E-state index in [2.05, 4.69) is 47.9 Å². The van der Waals surface area contributed by atoms with Crippen LogP contribution in [0.1, 0.15) is 17.4 Å². The summed E-state index contributed by atoms with van der Waals surface area (Å²) in [6.45, 7) is 3.99. The Balaban J connectivity index is 1.53. The first kappa shape index (κ1) is 17.9. The minimum absolute atomic E-state index is 0.0168. The second kappa shape index (κ2) is 7.62. The SMILES string of the molecule is Cc1cc(=O)[nH]c(-c2ccc(N3CCOC(c4ccc(Br)cc4)C3)nc2)n1. The largest absolute Gasteiger partial charge is 0.370 e. The number of nitrogens with zero attached hydrogens (tertiary/aromatic N) is 3. The minimum atomic E-state index is -0.160. The number of ether oxygens (including phenoxy) is 1. The first-order valence-corrected chi connectivity index (χ1v) is 9.54. The van der Waals surface area contributed by atoms with Gasteiger partial charge in [-0.1, -0.05) is 28.1 Å². The third-order valence-corrected chi connectivity index (χ3v) is 5.05. The standard InChI is InChI=1S/C20H19BrN4O2/c1-13-10-19(26)24-20(23-13)15-4-7-18(22-11-15)25-8-9-27-17(12-25)14-2-5-16(21)6-3-14/h2-7,10-11,17H,8-9,12H2,1H3,(H,23,24,26). The van der Waals surface area contributed by atoms with E-state index in [9.17, 15) is 4.79 Å². The number of aryl methyl sites for hydroxylation is 1. The van der Waals surface area contributed by atoms with E-state index in [1.165, 1.54) is 6.07 Å². The highest BCUT2D eigenvalue weighted by atomic mass is 79.9. The molecule has 1 aromatic carbocycles. The van der Waals surface area contributed by atoms with Gasteiger partial charge in [0.25, 0.3) is 5.56 Å². The lowest BCUT2D eigenvalue weighted by molar-refractivity contribution is 0.0395. The summed E-state index contributed by atoms with van der Waals surface area (Å²) < 4.78 is 7.00. The average molecular weight is 427 g/mol. The summed E-state index contributed by atoms with van der Waals surface area (Å²) in [6, 6.07) is 13.6. The number of nitrogens with one attached hydrogen (secondary N) is 1. The molecule has 0 radical (unpaired) electrons. The first-order valence-electron chi connectivity index (χ1n) is 8.75. The zero-order valence-electron chi connectivity index (χ0n) is 14.9. The molecule has 0 spiro atoms. The Morgan fingerprint density at radius 3 is 2.74 bits per heavy atom. The number of rotatable bonds is 3. The molecule has 1 N–H and O–H groups in total. The fraction of sp³-hybridized carbons (Fsp3) is 0.250. The number of anilines is 1. The Morgan fingerprint density at radius 1 is 1.22 bits per heavy atom. The molecule has 1 fully saturated rings. The van der Waals surface area contributed by atoms with Crippen molar-refractivity contribution in [3.05, 3.63) is 74.7 Å². The van der Waals surface area contributed by atoms with Gasteiger partial charge in [-0.15, -0.1) is 0 Å². The number of H-pyrrole nitrogens is 1. The quantitative estimate of drug-likeness (QED) is 0.693. The van der Waals surface area contributed by atoms with Crippen molar-refractivity contribution in [3.8, 4) is 11.4 Å². The van der Waals surface area contributed by atoms with Crippen molar-refractivity contribution in [1.29, 1.82) is 0 Å². The lowest BCUT2D eigenvalue weighted by atomic mass is 10.1. The van der Waals surface area contributed by atoms with Gasteiger partial charge in [0, 0.05) is 41.1 Å². The summed E-state index contributed by atoms with van der Waals surface area (Å²) in [5, 5.41) is 0. The van der Waals surface area contributed by atoms with E-state index in [-0.39, 0.29) is 11.7 Å². The molecule has 7 heteroatoms. The van der Waals surface area contributed by atoms with Gasteiger partial charge in [-0.3, -0.25) is 4.79 Å². The maximum Gasteiger partial charge on any atom is 0.251 e. The fourth-order valence-electron chi connectivity index (χ4n) is 3.17. The van der Waals surface area contributed by atoms with Crippen LogP contribution in [-0.2, 0) is 4.74 Å². The molecule has 3 heterocycles. The highest BCUT2D eigenvalue weighted by Gasteiger charge is 2.23. The highest BCUT2D eigenvalue weighted by molar-refractivity contribution is 9.10. The van der Waals surface area contributed by atoms with Gasteiger partial charge in [-0.05, 0) is 36.8 Å². The summed E-state index contributed by atoms with van der Waals surface area (Å²) in [6.07, 6.45) is 1.76. The van der Waals surface area contributed by atoms with Crippen molar-refractivity contribution in [2.45, 2.75) is 13.0 Å². The molecule has 1 aliphatic rings. The summed E-state index contributed by atoms with van der Waals surface area (Å²) >= 11 is 3.46. The third-order valence-electron chi connectivity index (χ3n) is 4.52. The van der Waals surface area contributed by atoms with Gasteiger partial charge in [-0.2, -0.15) is 0 Å². The first-order chi connectivity index (χ1) is 13.1. The smallest absolute Gasteiger partial charge is 0.251 e. The Kier molecular flexibility index (Phi) is 5.05. The second-order valence-electron chi connectivity index (χ2n) is 6.50. The maximum absolute atomic E-state index is 11.6. The normalized spacial score (nSPS) is 17.1. The van der Waals surface area contributed by atoms with E-state index in [0.29, 0.717) is 18.1 Å². The number of aromatic amines is 1. The fourth-order valence-corrected chi connectivity index (χ4v) is 3.43. The Labute approximate surface area is 165 Å². The van der Waals surface area contributed by atoms with E-state index >= 15 is 0 Å². The molecule has 1 saturated heterocycles. The lowest BCUT2D eigenvalue weighted by Gasteiger charge is -2.34. The number of hydrogen-bond acceptors (Lipinski definition) is 5. The lowest BCUT2D eigenvalue weighted by Crippen LogP contribution is -2.38. The van der Waals surface area contributed by atoms with E-state index in [1.54, 1.807) is 13.1 Å². The van der Waals surface area contributed by atoms with Gasteiger partial charge in [0.05, 0.1) is 6.61 Å². The zero-order chi connectivity index (χ0) is 18.8. The molecule has 3 aromatic rings. The molecule has 6 nitrogen and oxygen atoms in total. The summed E-state index contributed by atoms with van der Waals surface area (Å²) in [5.41, 5.74) is 2.47. The molecule has 2 aromatic heterocycles. The highest BCUT2D eigenvalue weighted by Crippen LogP contribution is 2.27. The van der Waals surface area contributed by atoms with Crippen LogP contribution in [-0.4, -0.2) is 34.6 Å². The summed E-state index contributed by atoms with van der Waals surface area (Å²) in [5.74, 6) is 1.42. The van der Waals surface area contributed by atoms with Crippen LogP contribution in [0, 0.1) is 6.92 Å². The molecule has 0 aliphatic carbocycles. The Bertz CT molecular complexity index is 986. The van der Waals surface area contributed by atoms with Crippen LogP contribution < -0.4 is 10.5 Å². The van der Waals surface area contributed by atoms with Crippen molar-refractivity contribution >= 4 is 21.7 Å². The van der Waals surface area contributed by atoms with Crippen molar-refractivity contribution < 1.29 is 4.74 Å². The number of morpholine rings is 1. The van der Waals surface area contributed by atoms with Crippen LogP contribution in [0.15, 0.2) is 57.9 Å². The number of pyridine rings is 1. The number of hydrogen-bond donors (Lipinski definition) is 1. The molecule has 1 atom stereocenters. The molecule has 0 bridgehead atoms. The van der Waals surface area contributed by atoms with Crippen LogP contribution in [0.3, 0.4) is 0 Å². The van der Waals surface area contributed by atoms with E-state index in [1.807, 2.05) is 24.3 Å². The Morgan fingerprint density at radius 2 is 2.04 bits per heavy atom. The van der Waals surface area contributed by atoms with Gasteiger partial charge in [0.1, 0.15) is 17.7 Å². The van der Waals surface area contributed by atoms with E-state index in [0.717, 1.165) is 34.5 Å². The van der Waals surface area contributed by atoms with Crippen LogP contribution in [0.4, 0.5) is 5.82 Å². The predicted octanol–water partition coefficient (Wildman–Crippen LogP) is 3.48. The molecule has 4 rings (SSSR count). The predicted molar refractivity (Wildman–Crippen MR) is 108 cm³/mol. The number of halogens is 1. The van der Waals surface area contributed by atoms with E-state index < -0.39 is 0 Å². The summed E-state index contributed by atoms with van der Waals surface area (Å²) in [7, 11) is 0. The summed E-state index contributed by atoms with van der Waals surface area (Å²) in [4.78, 5) is 25.6. The molecule has 1 unspecified atom stereocenters. The van der Waals surface area contributed by atoms with Gasteiger partial charge in [-0.25, -0.2) is 9.97 Å². The molecule has 27 heavy (non-hydrogen) atoms. The Hall–Kier alpha value is -2.51. The molecule has 1 aliphatic heterocycles. The van der Waals surface area contributed by atoms with Crippen molar-refractivity contribution in [3.63, 3.8) is 0 Å². The third kappa shape index (κ3) is 4.09.